The largest absolute Gasteiger partial charge is 0.370 e. The molecule has 1 aromatic rings. The number of nitrogens with zero attached hydrogens (tertiary/aromatic N) is 2. The van der Waals surface area contributed by atoms with Gasteiger partial charge in [0.25, 0.3) is 0 Å². The van der Waals surface area contributed by atoms with Crippen LogP contribution in [-0.2, 0) is 6.54 Å². The van der Waals surface area contributed by atoms with Crippen LogP contribution in [0.1, 0.15) is 5.56 Å². The number of hydrogen-bond donors (Lipinski definition) is 2. The molecular weight excluding hydrogens is 140 g/mol. The summed E-state index contributed by atoms with van der Waals surface area (Å²) in [4.78, 5) is 7.74. The highest BCUT2D eigenvalue weighted by Crippen LogP contribution is 1.96. The van der Waals surface area contributed by atoms with Gasteiger partial charge in [-0.05, 0) is 11.6 Å². The predicted molar refractivity (Wildman–Crippen MR) is 43.8 cm³/mol. The molecule has 1 rings (SSSR count). The molecule has 0 bridgehead atoms. The summed E-state index contributed by atoms with van der Waals surface area (Å²) in [5.74, 6) is 0.105. The van der Waals surface area contributed by atoms with E-state index in [2.05, 4.69) is 9.98 Å². The molecule has 0 aliphatic carbocycles. The van der Waals surface area contributed by atoms with Crippen LogP contribution < -0.4 is 11.5 Å². The Morgan fingerprint density at radius 1 is 1.55 bits per heavy atom. The molecule has 0 saturated heterocycles. The summed E-state index contributed by atoms with van der Waals surface area (Å²) in [6.45, 7) is 0.496. The first-order valence-electron chi connectivity index (χ1n) is 3.23. The van der Waals surface area contributed by atoms with Crippen molar-refractivity contribution in [2.24, 2.45) is 16.5 Å². The Labute approximate surface area is 65.0 Å². The number of rotatable bonds is 2. The lowest BCUT2D eigenvalue weighted by atomic mass is 10.3. The van der Waals surface area contributed by atoms with Gasteiger partial charge in [0.15, 0.2) is 5.96 Å². The first kappa shape index (κ1) is 7.53. The van der Waals surface area contributed by atoms with Crippen LogP contribution in [0, 0.1) is 0 Å². The molecule has 4 heteroatoms. The van der Waals surface area contributed by atoms with Gasteiger partial charge in [0, 0.05) is 12.4 Å². The average Bonchev–Trinajstić information content (AvgIpc) is 2.03. The highest BCUT2D eigenvalue weighted by Gasteiger charge is 1.87. The average molecular weight is 150 g/mol. The van der Waals surface area contributed by atoms with Gasteiger partial charge in [-0.3, -0.25) is 4.98 Å². The van der Waals surface area contributed by atoms with Gasteiger partial charge in [0.05, 0.1) is 6.54 Å². The van der Waals surface area contributed by atoms with Crippen molar-refractivity contribution in [1.29, 1.82) is 0 Å². The summed E-state index contributed by atoms with van der Waals surface area (Å²) >= 11 is 0. The van der Waals surface area contributed by atoms with E-state index in [4.69, 9.17) is 11.5 Å². The molecule has 0 saturated carbocycles. The number of aromatic nitrogens is 1. The molecule has 4 nitrogen and oxygen atoms in total. The molecule has 0 fully saturated rings. The summed E-state index contributed by atoms with van der Waals surface area (Å²) < 4.78 is 0. The van der Waals surface area contributed by atoms with Crippen LogP contribution in [0.3, 0.4) is 0 Å². The number of guanidine groups is 1. The molecule has 0 spiro atoms. The maximum absolute atomic E-state index is 5.15. The van der Waals surface area contributed by atoms with E-state index in [0.717, 1.165) is 5.56 Å². The molecule has 0 atom stereocenters. The number of nitrogens with two attached hydrogens (primary N) is 2. The summed E-state index contributed by atoms with van der Waals surface area (Å²) in [5, 5.41) is 0. The van der Waals surface area contributed by atoms with Gasteiger partial charge in [0.2, 0.25) is 0 Å². The van der Waals surface area contributed by atoms with Gasteiger partial charge in [-0.15, -0.1) is 0 Å². The number of pyridine rings is 1. The van der Waals surface area contributed by atoms with Crippen LogP contribution in [0.4, 0.5) is 0 Å². The van der Waals surface area contributed by atoms with E-state index in [-0.39, 0.29) is 5.96 Å². The van der Waals surface area contributed by atoms with Crippen molar-refractivity contribution in [2.75, 3.05) is 0 Å². The fourth-order valence-electron chi connectivity index (χ4n) is 0.674. The normalized spacial score (nSPS) is 9.09. The zero-order valence-electron chi connectivity index (χ0n) is 6.07. The van der Waals surface area contributed by atoms with Crippen molar-refractivity contribution in [1.82, 2.24) is 4.98 Å². The standard InChI is InChI=1S/C7H10N4/c8-7(9)11-5-6-2-1-3-10-4-6/h1-4H,5H2,(H4,8,9,11). The predicted octanol–water partition coefficient (Wildman–Crippen LogP) is -0.145. The van der Waals surface area contributed by atoms with Gasteiger partial charge in [0.1, 0.15) is 0 Å². The second-order valence-corrected chi connectivity index (χ2v) is 2.10. The summed E-state index contributed by atoms with van der Waals surface area (Å²) in [6, 6.07) is 3.76. The van der Waals surface area contributed by atoms with E-state index in [9.17, 15) is 0 Å². The van der Waals surface area contributed by atoms with Crippen molar-refractivity contribution in [3.05, 3.63) is 30.1 Å². The van der Waals surface area contributed by atoms with Crippen LogP contribution in [0.5, 0.6) is 0 Å². The lowest BCUT2D eigenvalue weighted by Crippen LogP contribution is -2.22. The molecule has 0 radical (unpaired) electrons. The van der Waals surface area contributed by atoms with E-state index < -0.39 is 0 Å². The van der Waals surface area contributed by atoms with Crippen molar-refractivity contribution >= 4 is 5.96 Å². The first-order valence-corrected chi connectivity index (χ1v) is 3.23. The highest BCUT2D eigenvalue weighted by atomic mass is 15.0. The van der Waals surface area contributed by atoms with E-state index in [0.29, 0.717) is 6.54 Å². The van der Waals surface area contributed by atoms with Crippen LogP contribution in [0.2, 0.25) is 0 Å². The molecule has 1 aromatic heterocycles. The molecule has 4 N–H and O–H groups in total. The van der Waals surface area contributed by atoms with Gasteiger partial charge >= 0.3 is 0 Å². The Morgan fingerprint density at radius 3 is 2.91 bits per heavy atom. The highest BCUT2D eigenvalue weighted by molar-refractivity contribution is 5.75. The summed E-state index contributed by atoms with van der Waals surface area (Å²) in [5.41, 5.74) is 11.3. The third-order valence-corrected chi connectivity index (χ3v) is 1.17. The third kappa shape index (κ3) is 2.66. The fourth-order valence-corrected chi connectivity index (χ4v) is 0.674. The molecule has 0 amide bonds. The topological polar surface area (TPSA) is 77.3 Å². The monoisotopic (exact) mass is 150 g/mol. The van der Waals surface area contributed by atoms with Crippen molar-refractivity contribution in [2.45, 2.75) is 6.54 Å². The molecule has 1 heterocycles. The SMILES string of the molecule is NC(N)=NCc1cccnc1. The van der Waals surface area contributed by atoms with E-state index in [1.165, 1.54) is 0 Å². The van der Waals surface area contributed by atoms with E-state index in [1.807, 2.05) is 12.1 Å². The molecule has 11 heavy (non-hydrogen) atoms. The Morgan fingerprint density at radius 2 is 2.36 bits per heavy atom. The van der Waals surface area contributed by atoms with Crippen molar-refractivity contribution < 1.29 is 0 Å². The molecule has 0 aromatic carbocycles. The van der Waals surface area contributed by atoms with Gasteiger partial charge in [-0.2, -0.15) is 0 Å². The van der Waals surface area contributed by atoms with Crippen LogP contribution >= 0.6 is 0 Å². The van der Waals surface area contributed by atoms with Crippen LogP contribution in [0.25, 0.3) is 0 Å². The fraction of sp³-hybridized carbons (Fsp3) is 0.143. The summed E-state index contributed by atoms with van der Waals surface area (Å²) in [7, 11) is 0. The minimum absolute atomic E-state index is 0.105. The van der Waals surface area contributed by atoms with E-state index in [1.54, 1.807) is 12.4 Å². The van der Waals surface area contributed by atoms with Crippen LogP contribution in [0.15, 0.2) is 29.5 Å². The second-order valence-electron chi connectivity index (χ2n) is 2.10. The number of hydrogen-bond acceptors (Lipinski definition) is 2. The second kappa shape index (κ2) is 3.55. The lowest BCUT2D eigenvalue weighted by molar-refractivity contribution is 1.03. The van der Waals surface area contributed by atoms with Gasteiger partial charge in [-0.25, -0.2) is 4.99 Å². The summed E-state index contributed by atoms with van der Waals surface area (Å²) in [6.07, 6.45) is 3.44. The molecule has 0 aliphatic rings. The Balaban J connectivity index is 2.59. The Kier molecular flexibility index (Phi) is 2.43. The molecule has 0 unspecified atom stereocenters. The maximum atomic E-state index is 5.15. The first-order chi connectivity index (χ1) is 5.29. The Hall–Kier alpha value is -1.58. The van der Waals surface area contributed by atoms with Crippen LogP contribution in [-0.4, -0.2) is 10.9 Å². The number of aliphatic imine (C=N–C) groups is 1. The van der Waals surface area contributed by atoms with Crippen molar-refractivity contribution in [3.63, 3.8) is 0 Å². The minimum atomic E-state index is 0.105. The van der Waals surface area contributed by atoms with E-state index >= 15 is 0 Å². The molecule has 58 valence electrons. The van der Waals surface area contributed by atoms with Gasteiger partial charge < -0.3 is 11.5 Å². The smallest absolute Gasteiger partial charge is 0.186 e. The zero-order valence-corrected chi connectivity index (χ0v) is 6.07. The lowest BCUT2D eigenvalue weighted by Gasteiger charge is -1.93. The van der Waals surface area contributed by atoms with Crippen molar-refractivity contribution in [3.8, 4) is 0 Å². The zero-order chi connectivity index (χ0) is 8.10. The minimum Gasteiger partial charge on any atom is -0.370 e. The maximum Gasteiger partial charge on any atom is 0.186 e. The quantitative estimate of drug-likeness (QED) is 0.455. The van der Waals surface area contributed by atoms with Gasteiger partial charge in [-0.1, -0.05) is 6.07 Å². The Bertz CT molecular complexity index is 238. The third-order valence-electron chi connectivity index (χ3n) is 1.17. The molecular formula is C7H10N4. The molecule has 0 aliphatic heterocycles.